The molecule has 0 spiro atoms. The van der Waals surface area contributed by atoms with E-state index in [1.807, 2.05) is 38.1 Å². The van der Waals surface area contributed by atoms with Gasteiger partial charge in [0.25, 0.3) is 0 Å². The minimum atomic E-state index is -0.275. The Morgan fingerprint density at radius 2 is 2.14 bits per heavy atom. The fourth-order valence-corrected chi connectivity index (χ4v) is 3.79. The zero-order valence-electron chi connectivity index (χ0n) is 17.3. The summed E-state index contributed by atoms with van der Waals surface area (Å²) in [4.78, 5) is 29.2. The highest BCUT2D eigenvalue weighted by Gasteiger charge is 2.33. The van der Waals surface area contributed by atoms with Crippen LogP contribution in [0, 0.1) is 11.7 Å². The van der Waals surface area contributed by atoms with Crippen molar-refractivity contribution < 1.29 is 14.0 Å². The maximum Gasteiger partial charge on any atom is 0.228 e. The predicted octanol–water partition coefficient (Wildman–Crippen LogP) is 2.78. The number of carbonyl (C=O) groups is 2. The summed E-state index contributed by atoms with van der Waals surface area (Å²) in [6.45, 7) is 5.44. The van der Waals surface area contributed by atoms with Crippen molar-refractivity contribution in [2.75, 3.05) is 13.1 Å². The van der Waals surface area contributed by atoms with E-state index in [1.54, 1.807) is 21.8 Å². The van der Waals surface area contributed by atoms with Crippen molar-refractivity contribution in [3.8, 4) is 0 Å². The zero-order valence-corrected chi connectivity index (χ0v) is 17.3. The van der Waals surface area contributed by atoms with Crippen LogP contribution in [0.1, 0.15) is 37.8 Å². The molecule has 1 fully saturated rings. The molecule has 0 radical (unpaired) electrons. The van der Waals surface area contributed by atoms with Gasteiger partial charge in [-0.3, -0.25) is 14.3 Å². The Labute approximate surface area is 171 Å². The maximum absolute atomic E-state index is 13.4. The maximum atomic E-state index is 13.4. The fraction of sp³-hybridized carbons (Fsp3) is 0.500. The topological polar surface area (TPSA) is 58.4 Å². The third kappa shape index (κ3) is 5.43. The number of rotatable bonds is 7. The normalized spacial score (nSPS) is 17.1. The SMILES string of the molecule is CC(C)N(Cc1cnn(C)c1)C(=O)[C@H]1CCC(=O)N(CCc2cccc(F)c2)C1. The van der Waals surface area contributed by atoms with Crippen molar-refractivity contribution in [1.29, 1.82) is 0 Å². The summed E-state index contributed by atoms with van der Waals surface area (Å²) < 4.78 is 15.1. The minimum Gasteiger partial charge on any atom is -0.342 e. The molecule has 0 bridgehead atoms. The first-order chi connectivity index (χ1) is 13.8. The highest BCUT2D eigenvalue weighted by atomic mass is 19.1. The second-order valence-electron chi connectivity index (χ2n) is 8.04. The summed E-state index contributed by atoms with van der Waals surface area (Å²) in [5.41, 5.74) is 1.84. The van der Waals surface area contributed by atoms with Crippen LogP contribution in [0.15, 0.2) is 36.7 Å². The van der Waals surface area contributed by atoms with Crippen molar-refractivity contribution in [2.24, 2.45) is 13.0 Å². The summed E-state index contributed by atoms with van der Waals surface area (Å²) in [5.74, 6) is -0.344. The van der Waals surface area contributed by atoms with Gasteiger partial charge in [0, 0.05) is 50.9 Å². The number of piperidine rings is 1. The van der Waals surface area contributed by atoms with E-state index in [0.717, 1.165) is 11.1 Å². The Hall–Kier alpha value is -2.70. The fourth-order valence-electron chi connectivity index (χ4n) is 3.79. The van der Waals surface area contributed by atoms with E-state index < -0.39 is 0 Å². The van der Waals surface area contributed by atoms with Crippen molar-refractivity contribution in [1.82, 2.24) is 19.6 Å². The molecule has 0 saturated carbocycles. The Bertz CT molecular complexity index is 864. The van der Waals surface area contributed by atoms with Gasteiger partial charge in [-0.1, -0.05) is 12.1 Å². The van der Waals surface area contributed by atoms with E-state index in [1.165, 1.54) is 12.1 Å². The van der Waals surface area contributed by atoms with Crippen LogP contribution in [0.25, 0.3) is 0 Å². The van der Waals surface area contributed by atoms with Crippen LogP contribution in [0.5, 0.6) is 0 Å². The summed E-state index contributed by atoms with van der Waals surface area (Å²) in [6, 6.07) is 6.49. The lowest BCUT2D eigenvalue weighted by Crippen LogP contribution is -2.49. The van der Waals surface area contributed by atoms with Gasteiger partial charge in [-0.15, -0.1) is 0 Å². The van der Waals surface area contributed by atoms with E-state index >= 15 is 0 Å². The molecule has 1 aromatic heterocycles. The molecular weight excluding hydrogens is 371 g/mol. The van der Waals surface area contributed by atoms with Crippen LogP contribution in [0.2, 0.25) is 0 Å². The molecule has 2 heterocycles. The Morgan fingerprint density at radius 3 is 2.79 bits per heavy atom. The molecule has 2 aromatic rings. The number of likely N-dealkylation sites (tertiary alicyclic amines) is 1. The Balaban J connectivity index is 1.64. The van der Waals surface area contributed by atoms with Gasteiger partial charge in [-0.25, -0.2) is 4.39 Å². The van der Waals surface area contributed by atoms with Gasteiger partial charge in [-0.2, -0.15) is 5.10 Å². The molecule has 1 aromatic carbocycles. The molecule has 0 N–H and O–H groups in total. The molecule has 29 heavy (non-hydrogen) atoms. The lowest BCUT2D eigenvalue weighted by molar-refractivity contribution is -0.144. The third-order valence-corrected chi connectivity index (χ3v) is 5.43. The molecule has 6 nitrogen and oxygen atoms in total. The molecule has 156 valence electrons. The average molecular weight is 400 g/mol. The van der Waals surface area contributed by atoms with Crippen molar-refractivity contribution in [3.63, 3.8) is 0 Å². The number of amides is 2. The van der Waals surface area contributed by atoms with E-state index in [4.69, 9.17) is 0 Å². The first-order valence-corrected chi connectivity index (χ1v) is 10.1. The summed E-state index contributed by atoms with van der Waals surface area (Å²) >= 11 is 0. The van der Waals surface area contributed by atoms with Crippen molar-refractivity contribution in [2.45, 2.75) is 45.7 Å². The molecule has 3 rings (SSSR count). The van der Waals surface area contributed by atoms with Crippen molar-refractivity contribution >= 4 is 11.8 Å². The number of aromatic nitrogens is 2. The van der Waals surface area contributed by atoms with Gasteiger partial charge in [-0.05, 0) is 44.4 Å². The van der Waals surface area contributed by atoms with E-state index in [-0.39, 0.29) is 29.6 Å². The van der Waals surface area contributed by atoms with Gasteiger partial charge in [0.2, 0.25) is 11.8 Å². The molecular formula is C22H29FN4O2. The Kier molecular flexibility index (Phi) is 6.67. The molecule has 0 unspecified atom stereocenters. The highest BCUT2D eigenvalue weighted by molar-refractivity contribution is 5.84. The van der Waals surface area contributed by atoms with Crippen LogP contribution in [0.3, 0.4) is 0 Å². The number of carbonyl (C=O) groups excluding carboxylic acids is 2. The summed E-state index contributed by atoms with van der Waals surface area (Å²) in [6.07, 6.45) is 5.22. The third-order valence-electron chi connectivity index (χ3n) is 5.43. The number of aryl methyl sites for hydroxylation is 1. The Morgan fingerprint density at radius 1 is 1.34 bits per heavy atom. The monoisotopic (exact) mass is 400 g/mol. The second kappa shape index (κ2) is 9.20. The summed E-state index contributed by atoms with van der Waals surface area (Å²) in [5, 5.41) is 4.18. The zero-order chi connectivity index (χ0) is 21.0. The number of benzene rings is 1. The van der Waals surface area contributed by atoms with E-state index in [9.17, 15) is 14.0 Å². The van der Waals surface area contributed by atoms with Gasteiger partial charge in [0.05, 0.1) is 12.1 Å². The average Bonchev–Trinajstić information content (AvgIpc) is 3.10. The van der Waals surface area contributed by atoms with Crippen molar-refractivity contribution in [3.05, 3.63) is 53.6 Å². The van der Waals surface area contributed by atoms with Gasteiger partial charge in [0.15, 0.2) is 0 Å². The molecule has 1 aliphatic rings. The standard InChI is InChI=1S/C22H29FN4O2/c1-16(2)27(14-18-12-24-25(3)13-18)22(29)19-7-8-21(28)26(15-19)10-9-17-5-4-6-20(23)11-17/h4-6,11-13,16,19H,7-10,14-15H2,1-3H3/t19-/m0/s1. The number of hydrogen-bond acceptors (Lipinski definition) is 3. The number of halogens is 1. The molecule has 1 aliphatic heterocycles. The van der Waals surface area contributed by atoms with Crippen LogP contribution < -0.4 is 0 Å². The smallest absolute Gasteiger partial charge is 0.228 e. The summed E-state index contributed by atoms with van der Waals surface area (Å²) in [7, 11) is 1.86. The van der Waals surface area contributed by atoms with E-state index in [2.05, 4.69) is 5.10 Å². The van der Waals surface area contributed by atoms with Crippen LogP contribution >= 0.6 is 0 Å². The van der Waals surface area contributed by atoms with Gasteiger partial charge < -0.3 is 9.80 Å². The lowest BCUT2D eigenvalue weighted by atomic mass is 9.95. The molecule has 2 amide bonds. The first-order valence-electron chi connectivity index (χ1n) is 10.1. The minimum absolute atomic E-state index is 0.0566. The van der Waals surface area contributed by atoms with Gasteiger partial charge in [0.1, 0.15) is 5.82 Å². The quantitative estimate of drug-likeness (QED) is 0.718. The number of hydrogen-bond donors (Lipinski definition) is 0. The molecule has 1 atom stereocenters. The van der Waals surface area contributed by atoms with Crippen LogP contribution in [0.4, 0.5) is 4.39 Å². The molecule has 7 heteroatoms. The molecule has 1 saturated heterocycles. The first kappa shape index (κ1) is 21.0. The van der Waals surface area contributed by atoms with Crippen LogP contribution in [-0.4, -0.2) is 50.5 Å². The lowest BCUT2D eigenvalue weighted by Gasteiger charge is -2.36. The largest absolute Gasteiger partial charge is 0.342 e. The molecule has 0 aliphatic carbocycles. The number of nitrogens with zero attached hydrogens (tertiary/aromatic N) is 4. The highest BCUT2D eigenvalue weighted by Crippen LogP contribution is 2.22. The van der Waals surface area contributed by atoms with Gasteiger partial charge >= 0.3 is 0 Å². The second-order valence-corrected chi connectivity index (χ2v) is 8.04. The van der Waals surface area contributed by atoms with E-state index in [0.29, 0.717) is 38.9 Å². The van der Waals surface area contributed by atoms with Crippen LogP contribution in [-0.2, 0) is 29.6 Å². The predicted molar refractivity (Wildman–Crippen MR) is 108 cm³/mol.